The summed E-state index contributed by atoms with van der Waals surface area (Å²) in [6.45, 7) is 0. The topological polar surface area (TPSA) is 80.4 Å². The molecule has 0 aliphatic rings. The molecule has 1 N–H and O–H groups in total. The van der Waals surface area contributed by atoms with E-state index in [0.717, 1.165) is 4.46 Å². The van der Waals surface area contributed by atoms with Crippen molar-refractivity contribution in [3.05, 3.63) is 34.4 Å². The second-order valence-electron chi connectivity index (χ2n) is 2.44. The Morgan fingerprint density at radius 1 is 1.57 bits per heavy atom. The third-order valence-electron chi connectivity index (χ3n) is 1.39. The van der Waals surface area contributed by atoms with Crippen LogP contribution in [0.4, 0.5) is 5.69 Å². The summed E-state index contributed by atoms with van der Waals surface area (Å²) in [5, 5.41) is 18.9. The van der Waals surface area contributed by atoms with E-state index in [1.807, 2.05) is 0 Å². The van der Waals surface area contributed by atoms with E-state index in [1.54, 1.807) is 12.1 Å². The van der Waals surface area contributed by atoms with Crippen LogP contribution in [0, 0.1) is 10.1 Å². The average Bonchev–Trinajstić information content (AvgIpc) is 2.15. The average molecular weight is 260 g/mol. The van der Waals surface area contributed by atoms with E-state index in [2.05, 4.69) is 0 Å². The zero-order chi connectivity index (χ0) is 10.6. The maximum atomic E-state index is 10.4. The number of hydrogen-bond acceptors (Lipinski definition) is 3. The first-order valence-electron chi connectivity index (χ1n) is 3.68. The summed E-state index contributed by atoms with van der Waals surface area (Å²) in [4.78, 5) is 20.2. The quantitative estimate of drug-likeness (QED) is 0.483. The molecule has 0 spiro atoms. The molecular formula is C8H7NO4Se. The summed E-state index contributed by atoms with van der Waals surface area (Å²) in [5.74, 6) is -0.878. The molecule has 0 aliphatic carbocycles. The zero-order valence-corrected chi connectivity index (χ0v) is 8.76. The monoisotopic (exact) mass is 261 g/mol. The van der Waals surface area contributed by atoms with Crippen LogP contribution in [-0.4, -0.2) is 31.0 Å². The van der Waals surface area contributed by atoms with E-state index in [1.165, 1.54) is 12.1 Å². The van der Waals surface area contributed by atoms with Gasteiger partial charge in [0.15, 0.2) is 0 Å². The number of nitro benzene ring substituents is 1. The molecule has 0 aliphatic heterocycles. The molecule has 0 saturated heterocycles. The van der Waals surface area contributed by atoms with Gasteiger partial charge < -0.3 is 0 Å². The molecule has 0 saturated carbocycles. The fraction of sp³-hybridized carbons (Fsp3) is 0.125. The minimum absolute atomic E-state index is 0.00904. The van der Waals surface area contributed by atoms with Crippen LogP contribution in [0.1, 0.15) is 0 Å². The zero-order valence-electron chi connectivity index (χ0n) is 7.04. The molecule has 0 unspecified atom stereocenters. The molecule has 1 aromatic carbocycles. The predicted molar refractivity (Wildman–Crippen MR) is 50.9 cm³/mol. The van der Waals surface area contributed by atoms with Crippen molar-refractivity contribution >= 4 is 31.1 Å². The molecule has 0 bridgehead atoms. The van der Waals surface area contributed by atoms with Crippen LogP contribution in [0.25, 0.3) is 0 Å². The van der Waals surface area contributed by atoms with Gasteiger partial charge in [-0.15, -0.1) is 0 Å². The van der Waals surface area contributed by atoms with Gasteiger partial charge in [0, 0.05) is 0 Å². The second-order valence-corrected chi connectivity index (χ2v) is 4.64. The van der Waals surface area contributed by atoms with E-state index in [0.29, 0.717) is 0 Å². The number of hydrogen-bond donors (Lipinski definition) is 1. The van der Waals surface area contributed by atoms with Crippen LogP contribution in [0.15, 0.2) is 24.3 Å². The molecule has 0 radical (unpaired) electrons. The van der Waals surface area contributed by atoms with Crippen molar-refractivity contribution in [2.75, 3.05) is 0 Å². The fourth-order valence-electron chi connectivity index (χ4n) is 0.832. The van der Waals surface area contributed by atoms with Gasteiger partial charge >= 0.3 is 85.6 Å². The van der Waals surface area contributed by atoms with Crippen molar-refractivity contribution in [3.8, 4) is 0 Å². The van der Waals surface area contributed by atoms with E-state index in [-0.39, 0.29) is 26.0 Å². The van der Waals surface area contributed by atoms with Gasteiger partial charge in [0.1, 0.15) is 0 Å². The molecule has 74 valence electrons. The fourth-order valence-corrected chi connectivity index (χ4v) is 2.24. The first-order valence-corrected chi connectivity index (χ1v) is 5.75. The number of nitro groups is 1. The van der Waals surface area contributed by atoms with Crippen molar-refractivity contribution in [1.82, 2.24) is 0 Å². The van der Waals surface area contributed by atoms with Gasteiger partial charge in [-0.25, -0.2) is 0 Å². The summed E-state index contributed by atoms with van der Waals surface area (Å²) in [7, 11) is 0. The van der Waals surface area contributed by atoms with E-state index in [9.17, 15) is 14.9 Å². The van der Waals surface area contributed by atoms with Crippen molar-refractivity contribution in [2.45, 2.75) is 5.32 Å². The number of aliphatic carboxylic acids is 1. The number of non-ortho nitro benzene ring substituents is 1. The molecule has 0 aromatic heterocycles. The van der Waals surface area contributed by atoms with E-state index in [4.69, 9.17) is 5.11 Å². The van der Waals surface area contributed by atoms with Gasteiger partial charge in [0.05, 0.1) is 0 Å². The van der Waals surface area contributed by atoms with Crippen LogP contribution in [0.5, 0.6) is 0 Å². The van der Waals surface area contributed by atoms with Gasteiger partial charge in [-0.3, -0.25) is 0 Å². The third-order valence-corrected chi connectivity index (χ3v) is 3.44. The summed E-state index contributed by atoms with van der Waals surface area (Å²) in [6.07, 6.45) is 0. The Morgan fingerprint density at radius 2 is 2.29 bits per heavy atom. The first-order chi connectivity index (χ1) is 6.59. The molecular weight excluding hydrogens is 253 g/mol. The van der Waals surface area contributed by atoms with Gasteiger partial charge in [-0.05, 0) is 0 Å². The first kappa shape index (κ1) is 10.7. The van der Waals surface area contributed by atoms with Crippen LogP contribution in [0.2, 0.25) is 5.32 Å². The van der Waals surface area contributed by atoms with Crippen molar-refractivity contribution < 1.29 is 14.8 Å². The minimum atomic E-state index is -0.878. The van der Waals surface area contributed by atoms with Crippen LogP contribution in [0.3, 0.4) is 0 Å². The maximum absolute atomic E-state index is 10.4. The number of rotatable bonds is 4. The predicted octanol–water partition coefficient (Wildman–Crippen LogP) is 0.427. The number of nitrogens with zero attached hydrogens (tertiary/aromatic N) is 1. The molecule has 1 rings (SSSR count). The Labute approximate surface area is 86.1 Å². The van der Waals surface area contributed by atoms with E-state index >= 15 is 0 Å². The Hall–Kier alpha value is -1.39. The van der Waals surface area contributed by atoms with Gasteiger partial charge in [0.2, 0.25) is 0 Å². The molecule has 0 heterocycles. The van der Waals surface area contributed by atoms with E-state index < -0.39 is 10.9 Å². The van der Waals surface area contributed by atoms with Gasteiger partial charge in [-0.1, -0.05) is 0 Å². The Balaban J connectivity index is 2.73. The Kier molecular flexibility index (Phi) is 3.62. The number of benzene rings is 1. The molecule has 0 fully saturated rings. The normalized spacial score (nSPS) is 9.71. The molecule has 0 amide bonds. The van der Waals surface area contributed by atoms with Crippen LogP contribution >= 0.6 is 0 Å². The van der Waals surface area contributed by atoms with Crippen molar-refractivity contribution in [2.24, 2.45) is 0 Å². The molecule has 0 atom stereocenters. The summed E-state index contributed by atoms with van der Waals surface area (Å²) >= 11 is -0.238. The Morgan fingerprint density at radius 3 is 2.86 bits per heavy atom. The molecule has 14 heavy (non-hydrogen) atoms. The number of carbonyl (C=O) groups is 1. The second kappa shape index (κ2) is 4.74. The standard InChI is InChI=1S/C8H7NO4Se/c10-8(11)5-14-7-3-1-2-6(4-7)9(12)13/h1-4H,5H2,(H,10,11). The molecule has 6 heteroatoms. The SMILES string of the molecule is O=C(O)C[Se]c1cccc([N+](=O)[O-])c1. The van der Waals surface area contributed by atoms with Crippen LogP contribution < -0.4 is 4.46 Å². The van der Waals surface area contributed by atoms with Gasteiger partial charge in [0.25, 0.3) is 0 Å². The molecule has 5 nitrogen and oxygen atoms in total. The van der Waals surface area contributed by atoms with Crippen molar-refractivity contribution in [1.29, 1.82) is 0 Å². The molecule has 1 aromatic rings. The summed E-state index contributed by atoms with van der Waals surface area (Å²) in [5.41, 5.74) is 0.00904. The number of carboxylic acids is 1. The third kappa shape index (κ3) is 3.16. The summed E-state index contributed by atoms with van der Waals surface area (Å²) in [6, 6.07) is 6.08. The summed E-state index contributed by atoms with van der Waals surface area (Å²) < 4.78 is 0.731. The van der Waals surface area contributed by atoms with Gasteiger partial charge in [-0.2, -0.15) is 0 Å². The Bertz CT molecular complexity index is 366. The van der Waals surface area contributed by atoms with Crippen molar-refractivity contribution in [3.63, 3.8) is 0 Å². The number of carboxylic acid groups (broad SMARTS) is 1. The van der Waals surface area contributed by atoms with Crippen LogP contribution in [-0.2, 0) is 4.79 Å².